The summed E-state index contributed by atoms with van der Waals surface area (Å²) < 4.78 is 29.9. The normalized spacial score (nSPS) is 14.6. The Morgan fingerprint density at radius 3 is 2.48 bits per heavy atom. The Bertz CT molecular complexity index is 1310. The Morgan fingerprint density at radius 1 is 1.00 bits per heavy atom. The van der Waals surface area contributed by atoms with Crippen LogP contribution in [0.2, 0.25) is 0 Å². The number of amides is 1. The number of carbonyl (C=O) groups excluding carboxylic acids is 1. The minimum atomic E-state index is -0.572. The molecule has 168 valence electrons. The molecule has 1 aliphatic rings. The summed E-state index contributed by atoms with van der Waals surface area (Å²) in [7, 11) is 2.00. The van der Waals surface area contributed by atoms with Gasteiger partial charge in [-0.15, -0.1) is 0 Å². The molecule has 1 N–H and O–H groups in total. The van der Waals surface area contributed by atoms with E-state index in [0.29, 0.717) is 36.1 Å². The second-order valence-electron chi connectivity index (χ2n) is 8.05. The van der Waals surface area contributed by atoms with Gasteiger partial charge in [-0.05, 0) is 55.6 Å². The van der Waals surface area contributed by atoms with Crippen LogP contribution >= 0.6 is 0 Å². The molecule has 0 aliphatic carbocycles. The topological polar surface area (TPSA) is 66.3 Å². The van der Waals surface area contributed by atoms with E-state index >= 15 is 0 Å². The Labute approximate surface area is 189 Å². The van der Waals surface area contributed by atoms with Gasteiger partial charge in [0.05, 0.1) is 5.56 Å². The number of carbonyl (C=O) groups is 1. The average Bonchev–Trinajstić information content (AvgIpc) is 3.24. The fourth-order valence-corrected chi connectivity index (χ4v) is 3.86. The summed E-state index contributed by atoms with van der Waals surface area (Å²) in [4.78, 5) is 25.4. The smallest absolute Gasteiger partial charge is 0.256 e. The van der Waals surface area contributed by atoms with E-state index in [1.165, 1.54) is 24.3 Å². The molecule has 2 aromatic heterocycles. The lowest BCUT2D eigenvalue weighted by atomic mass is 10.1. The summed E-state index contributed by atoms with van der Waals surface area (Å²) in [6.07, 6.45) is 3.43. The molecule has 2 aromatic carbocycles. The predicted molar refractivity (Wildman–Crippen MR) is 122 cm³/mol. The first-order chi connectivity index (χ1) is 16.0. The van der Waals surface area contributed by atoms with E-state index in [2.05, 4.69) is 20.2 Å². The first kappa shape index (κ1) is 21.0. The lowest BCUT2D eigenvalue weighted by molar-refractivity contribution is 0.0659. The third kappa shape index (κ3) is 4.27. The van der Waals surface area contributed by atoms with E-state index in [9.17, 15) is 13.6 Å². The molecule has 3 heterocycles. The van der Waals surface area contributed by atoms with Crippen LogP contribution in [0.4, 0.5) is 20.4 Å². The Hall–Kier alpha value is -3.85. The highest BCUT2D eigenvalue weighted by molar-refractivity contribution is 5.95. The van der Waals surface area contributed by atoms with Gasteiger partial charge in [-0.3, -0.25) is 4.79 Å². The van der Waals surface area contributed by atoms with Crippen molar-refractivity contribution in [2.45, 2.75) is 0 Å². The highest BCUT2D eigenvalue weighted by atomic mass is 19.1. The fraction of sp³-hybridized carbons (Fsp3) is 0.208. The van der Waals surface area contributed by atoms with Crippen molar-refractivity contribution < 1.29 is 13.6 Å². The monoisotopic (exact) mass is 448 g/mol. The van der Waals surface area contributed by atoms with E-state index in [-0.39, 0.29) is 17.3 Å². The zero-order chi connectivity index (χ0) is 22.9. The molecule has 0 radical (unpaired) electrons. The molecule has 1 fully saturated rings. The van der Waals surface area contributed by atoms with Gasteiger partial charge in [0.2, 0.25) is 5.95 Å². The van der Waals surface area contributed by atoms with Crippen LogP contribution in [0.25, 0.3) is 16.7 Å². The number of benzene rings is 2. The summed E-state index contributed by atoms with van der Waals surface area (Å²) in [5.74, 6) is -0.867. The van der Waals surface area contributed by atoms with E-state index < -0.39 is 5.82 Å². The Morgan fingerprint density at radius 2 is 1.76 bits per heavy atom. The number of aromatic nitrogens is 3. The summed E-state index contributed by atoms with van der Waals surface area (Å²) >= 11 is 0. The van der Waals surface area contributed by atoms with Gasteiger partial charge in [0.15, 0.2) is 0 Å². The van der Waals surface area contributed by atoms with Crippen LogP contribution in [0.5, 0.6) is 0 Å². The molecule has 5 rings (SSSR count). The summed E-state index contributed by atoms with van der Waals surface area (Å²) in [5.41, 5.74) is 1.83. The molecule has 0 atom stereocenters. The maximum Gasteiger partial charge on any atom is 0.256 e. The van der Waals surface area contributed by atoms with Crippen molar-refractivity contribution in [1.82, 2.24) is 24.3 Å². The van der Waals surface area contributed by atoms with E-state index in [4.69, 9.17) is 0 Å². The van der Waals surface area contributed by atoms with Gasteiger partial charge >= 0.3 is 0 Å². The minimum absolute atomic E-state index is 0.0630. The molecule has 0 spiro atoms. The highest BCUT2D eigenvalue weighted by Gasteiger charge is 2.23. The van der Waals surface area contributed by atoms with Crippen molar-refractivity contribution in [1.29, 1.82) is 0 Å². The summed E-state index contributed by atoms with van der Waals surface area (Å²) in [6, 6.07) is 12.3. The van der Waals surface area contributed by atoms with Crippen LogP contribution in [-0.2, 0) is 0 Å². The number of hydrogen-bond donors (Lipinski definition) is 1. The van der Waals surface area contributed by atoms with Gasteiger partial charge in [-0.2, -0.15) is 4.98 Å². The molecule has 0 saturated carbocycles. The zero-order valence-corrected chi connectivity index (χ0v) is 18.0. The molecular weight excluding hydrogens is 426 g/mol. The van der Waals surface area contributed by atoms with Crippen LogP contribution in [0.1, 0.15) is 10.4 Å². The highest BCUT2D eigenvalue weighted by Crippen LogP contribution is 2.23. The van der Waals surface area contributed by atoms with Crippen LogP contribution < -0.4 is 5.32 Å². The Balaban J connectivity index is 1.42. The maximum absolute atomic E-state index is 15.0. The molecule has 9 heteroatoms. The van der Waals surface area contributed by atoms with Crippen molar-refractivity contribution in [2.75, 3.05) is 38.5 Å². The third-order valence-corrected chi connectivity index (χ3v) is 5.78. The fourth-order valence-electron chi connectivity index (χ4n) is 3.86. The lowest BCUT2D eigenvalue weighted by Crippen LogP contribution is -2.47. The number of halogens is 2. The largest absolute Gasteiger partial charge is 0.336 e. The summed E-state index contributed by atoms with van der Waals surface area (Å²) in [6.45, 7) is 2.71. The number of fused-ring (bicyclic) bond motifs is 1. The molecule has 33 heavy (non-hydrogen) atoms. The van der Waals surface area contributed by atoms with Gasteiger partial charge in [0, 0.05) is 55.3 Å². The lowest BCUT2D eigenvalue weighted by Gasteiger charge is -2.32. The van der Waals surface area contributed by atoms with E-state index in [0.717, 1.165) is 18.5 Å². The molecule has 4 aromatic rings. The van der Waals surface area contributed by atoms with Gasteiger partial charge in [0.1, 0.15) is 17.3 Å². The predicted octanol–water partition coefficient (Wildman–Crippen LogP) is 3.83. The van der Waals surface area contributed by atoms with Crippen molar-refractivity contribution >= 4 is 28.6 Å². The second kappa shape index (κ2) is 8.59. The number of anilines is 2. The number of hydrogen-bond acceptors (Lipinski definition) is 5. The number of nitrogens with one attached hydrogen (secondary N) is 1. The van der Waals surface area contributed by atoms with Gasteiger partial charge in [0.25, 0.3) is 5.91 Å². The standard InChI is InChI=1S/C24H22F2N6O/c1-30-10-12-31(13-11-30)23(33)20-7-6-19(14-21(20)26)32-9-8-16-15-27-24(29-22(16)32)28-18-4-2-17(25)3-5-18/h2-9,14-15H,10-13H2,1H3,(H,27,28,29). The van der Waals surface area contributed by atoms with Crippen LogP contribution in [0.3, 0.4) is 0 Å². The minimum Gasteiger partial charge on any atom is -0.336 e. The van der Waals surface area contributed by atoms with Crippen LogP contribution in [0, 0.1) is 11.6 Å². The average molecular weight is 448 g/mol. The summed E-state index contributed by atoms with van der Waals surface area (Å²) in [5, 5.41) is 3.81. The molecule has 1 amide bonds. The number of rotatable bonds is 4. The van der Waals surface area contributed by atoms with Gasteiger partial charge in [-0.1, -0.05) is 0 Å². The Kier molecular flexibility index (Phi) is 5.47. The molecule has 1 saturated heterocycles. The van der Waals surface area contributed by atoms with Crippen molar-refractivity contribution in [3.8, 4) is 5.69 Å². The third-order valence-electron chi connectivity index (χ3n) is 5.78. The first-order valence-electron chi connectivity index (χ1n) is 10.6. The van der Waals surface area contributed by atoms with Gasteiger partial charge < -0.3 is 19.7 Å². The van der Waals surface area contributed by atoms with Crippen LogP contribution in [-0.4, -0.2) is 63.5 Å². The molecule has 0 bridgehead atoms. The molecular formula is C24H22F2N6O. The van der Waals surface area contributed by atoms with E-state index in [1.54, 1.807) is 40.1 Å². The van der Waals surface area contributed by atoms with Crippen molar-refractivity contribution in [3.63, 3.8) is 0 Å². The SMILES string of the molecule is CN1CCN(C(=O)c2ccc(-n3ccc4cnc(Nc5ccc(F)cc5)nc43)cc2F)CC1. The molecule has 7 nitrogen and oxygen atoms in total. The van der Waals surface area contributed by atoms with Crippen LogP contribution in [0.15, 0.2) is 60.9 Å². The second-order valence-corrected chi connectivity index (χ2v) is 8.05. The number of likely N-dealkylation sites (N-methyl/N-ethyl adjacent to an activating group) is 1. The van der Waals surface area contributed by atoms with E-state index in [1.807, 2.05) is 13.1 Å². The number of piperazine rings is 1. The van der Waals surface area contributed by atoms with Gasteiger partial charge in [-0.25, -0.2) is 13.8 Å². The first-order valence-corrected chi connectivity index (χ1v) is 10.6. The van der Waals surface area contributed by atoms with Crippen molar-refractivity contribution in [2.24, 2.45) is 0 Å². The molecule has 1 aliphatic heterocycles. The quantitative estimate of drug-likeness (QED) is 0.514. The van der Waals surface area contributed by atoms with Crippen molar-refractivity contribution in [3.05, 3.63) is 78.1 Å². The maximum atomic E-state index is 15.0. The molecule has 0 unspecified atom stereocenters. The number of nitrogens with zero attached hydrogens (tertiary/aromatic N) is 5. The zero-order valence-electron chi connectivity index (χ0n) is 18.0.